The standard InChI is InChI=1S/C15H21FN4O4/c1-15(2,3)24-14(21)19-8-6-10(7-9-19)17-13-11(20(22)23)4-5-12(16)18-13/h4-5,10H,6-9H2,1-3H3,(H,17,18). The zero-order chi connectivity index (χ0) is 17.9. The Hall–Kier alpha value is -2.45. The maximum atomic E-state index is 13.2. The molecule has 132 valence electrons. The van der Waals surface area contributed by atoms with Gasteiger partial charge in [0, 0.05) is 31.3 Å². The van der Waals surface area contributed by atoms with Gasteiger partial charge in [0.1, 0.15) is 5.60 Å². The van der Waals surface area contributed by atoms with E-state index in [1.54, 1.807) is 25.7 Å². The van der Waals surface area contributed by atoms with Crippen LogP contribution in [0.3, 0.4) is 0 Å². The number of nitrogens with zero attached hydrogens (tertiary/aromatic N) is 3. The van der Waals surface area contributed by atoms with Gasteiger partial charge in [-0.15, -0.1) is 0 Å². The fourth-order valence-electron chi connectivity index (χ4n) is 2.41. The Morgan fingerprint density at radius 2 is 2.04 bits per heavy atom. The number of carbonyl (C=O) groups excluding carboxylic acids is 1. The number of anilines is 1. The summed E-state index contributed by atoms with van der Waals surface area (Å²) in [6.07, 6.45) is 0.749. The highest BCUT2D eigenvalue weighted by Gasteiger charge is 2.28. The first-order chi connectivity index (χ1) is 11.2. The van der Waals surface area contributed by atoms with Crippen LogP contribution in [0.2, 0.25) is 0 Å². The van der Waals surface area contributed by atoms with Gasteiger partial charge in [-0.05, 0) is 33.6 Å². The van der Waals surface area contributed by atoms with Crippen LogP contribution in [0, 0.1) is 16.1 Å². The van der Waals surface area contributed by atoms with Crippen molar-refractivity contribution in [3.63, 3.8) is 0 Å². The lowest BCUT2D eigenvalue weighted by Gasteiger charge is -2.33. The number of amides is 1. The van der Waals surface area contributed by atoms with Gasteiger partial charge in [0.15, 0.2) is 0 Å². The number of halogens is 1. The van der Waals surface area contributed by atoms with Gasteiger partial charge in [0.2, 0.25) is 11.8 Å². The van der Waals surface area contributed by atoms with E-state index in [0.29, 0.717) is 25.9 Å². The molecule has 0 radical (unpaired) electrons. The van der Waals surface area contributed by atoms with E-state index in [4.69, 9.17) is 4.74 Å². The maximum absolute atomic E-state index is 13.2. The molecule has 24 heavy (non-hydrogen) atoms. The Morgan fingerprint density at radius 1 is 1.42 bits per heavy atom. The van der Waals surface area contributed by atoms with E-state index in [2.05, 4.69) is 10.3 Å². The lowest BCUT2D eigenvalue weighted by atomic mass is 10.1. The lowest BCUT2D eigenvalue weighted by Crippen LogP contribution is -2.44. The van der Waals surface area contributed by atoms with Gasteiger partial charge >= 0.3 is 11.8 Å². The molecule has 0 aromatic carbocycles. The molecule has 8 nitrogen and oxygen atoms in total. The molecule has 1 aromatic heterocycles. The molecule has 0 saturated carbocycles. The molecular formula is C15H21FN4O4. The Kier molecular flexibility index (Phi) is 5.20. The van der Waals surface area contributed by atoms with Crippen LogP contribution in [0.15, 0.2) is 12.1 Å². The van der Waals surface area contributed by atoms with Crippen LogP contribution in [-0.2, 0) is 4.74 Å². The number of hydrogen-bond acceptors (Lipinski definition) is 6. The van der Waals surface area contributed by atoms with Gasteiger partial charge in [-0.3, -0.25) is 10.1 Å². The third-order valence-corrected chi connectivity index (χ3v) is 3.52. The molecule has 1 amide bonds. The summed E-state index contributed by atoms with van der Waals surface area (Å²) in [5.41, 5.74) is -0.830. The number of ether oxygens (including phenoxy) is 1. The SMILES string of the molecule is CC(C)(C)OC(=O)N1CCC(Nc2nc(F)ccc2[N+](=O)[O-])CC1. The Balaban J connectivity index is 1.95. The first kappa shape index (κ1) is 17.9. The van der Waals surface area contributed by atoms with E-state index >= 15 is 0 Å². The average molecular weight is 340 g/mol. The highest BCUT2D eigenvalue weighted by molar-refractivity contribution is 5.68. The van der Waals surface area contributed by atoms with Crippen LogP contribution >= 0.6 is 0 Å². The molecule has 0 unspecified atom stereocenters. The van der Waals surface area contributed by atoms with E-state index < -0.39 is 16.5 Å². The van der Waals surface area contributed by atoms with Gasteiger partial charge < -0.3 is 15.0 Å². The summed E-state index contributed by atoms with van der Waals surface area (Å²) in [6.45, 7) is 6.31. The van der Waals surface area contributed by atoms with Crippen molar-refractivity contribution in [2.24, 2.45) is 0 Å². The van der Waals surface area contributed by atoms with Crippen LogP contribution in [0.5, 0.6) is 0 Å². The van der Waals surface area contributed by atoms with Crippen molar-refractivity contribution in [3.05, 3.63) is 28.2 Å². The molecule has 0 aliphatic carbocycles. The predicted octanol–water partition coefficient (Wildman–Crippen LogP) is 2.94. The van der Waals surface area contributed by atoms with Gasteiger partial charge in [-0.2, -0.15) is 9.37 Å². The second-order valence-corrected chi connectivity index (χ2v) is 6.64. The Labute approximate surface area is 139 Å². The molecular weight excluding hydrogens is 319 g/mol. The number of pyridine rings is 1. The summed E-state index contributed by atoms with van der Waals surface area (Å²) in [5.74, 6) is -0.870. The second-order valence-electron chi connectivity index (χ2n) is 6.64. The van der Waals surface area contributed by atoms with Crippen molar-refractivity contribution in [1.82, 2.24) is 9.88 Å². The van der Waals surface area contributed by atoms with Crippen LogP contribution in [0.1, 0.15) is 33.6 Å². The second kappa shape index (κ2) is 6.98. The monoisotopic (exact) mass is 340 g/mol. The zero-order valence-corrected chi connectivity index (χ0v) is 13.9. The van der Waals surface area contributed by atoms with Crippen LogP contribution < -0.4 is 5.32 Å². The number of nitrogens with one attached hydrogen (secondary N) is 1. The smallest absolute Gasteiger partial charge is 0.410 e. The molecule has 0 spiro atoms. The third kappa shape index (κ3) is 4.77. The molecule has 1 aromatic rings. The molecule has 0 atom stereocenters. The molecule has 1 saturated heterocycles. The van der Waals surface area contributed by atoms with Crippen molar-refractivity contribution in [3.8, 4) is 0 Å². The number of aromatic nitrogens is 1. The average Bonchev–Trinajstić information content (AvgIpc) is 2.46. The van der Waals surface area contributed by atoms with Crippen molar-refractivity contribution in [2.45, 2.75) is 45.3 Å². The van der Waals surface area contributed by atoms with Gasteiger partial charge in [-0.25, -0.2) is 4.79 Å². The van der Waals surface area contributed by atoms with Gasteiger partial charge in [0.25, 0.3) is 0 Å². The minimum atomic E-state index is -0.783. The van der Waals surface area contributed by atoms with E-state index in [1.165, 1.54) is 0 Å². The normalized spacial score (nSPS) is 15.9. The van der Waals surface area contributed by atoms with Crippen LogP contribution in [0.4, 0.5) is 20.7 Å². The van der Waals surface area contributed by atoms with Crippen LogP contribution in [0.25, 0.3) is 0 Å². The van der Waals surface area contributed by atoms with Crippen molar-refractivity contribution >= 4 is 17.6 Å². The number of carbonyl (C=O) groups is 1. The summed E-state index contributed by atoms with van der Waals surface area (Å²) in [5, 5.41) is 13.9. The van der Waals surface area contributed by atoms with Crippen molar-refractivity contribution < 1.29 is 18.8 Å². The molecule has 1 N–H and O–H groups in total. The van der Waals surface area contributed by atoms with E-state index in [1.807, 2.05) is 0 Å². The summed E-state index contributed by atoms with van der Waals surface area (Å²) in [4.78, 5) is 27.5. The minimum absolute atomic E-state index is 0.0873. The topological polar surface area (TPSA) is 97.6 Å². The summed E-state index contributed by atoms with van der Waals surface area (Å²) < 4.78 is 18.6. The first-order valence-corrected chi connectivity index (χ1v) is 7.71. The van der Waals surface area contributed by atoms with Gasteiger partial charge in [0.05, 0.1) is 4.92 Å². The predicted molar refractivity (Wildman–Crippen MR) is 85.3 cm³/mol. The zero-order valence-electron chi connectivity index (χ0n) is 13.9. The summed E-state index contributed by atoms with van der Waals surface area (Å²) in [7, 11) is 0. The maximum Gasteiger partial charge on any atom is 0.410 e. The third-order valence-electron chi connectivity index (χ3n) is 3.52. The molecule has 1 fully saturated rings. The van der Waals surface area contributed by atoms with E-state index in [-0.39, 0.29) is 23.6 Å². The molecule has 2 rings (SSSR count). The van der Waals surface area contributed by atoms with E-state index in [0.717, 1.165) is 12.1 Å². The first-order valence-electron chi connectivity index (χ1n) is 7.71. The highest BCUT2D eigenvalue weighted by atomic mass is 19.1. The fourth-order valence-corrected chi connectivity index (χ4v) is 2.41. The molecule has 0 bridgehead atoms. The van der Waals surface area contributed by atoms with Crippen LogP contribution in [-0.4, -0.2) is 45.6 Å². The highest BCUT2D eigenvalue weighted by Crippen LogP contribution is 2.25. The lowest BCUT2D eigenvalue weighted by molar-refractivity contribution is -0.384. The summed E-state index contributed by atoms with van der Waals surface area (Å²) >= 11 is 0. The molecule has 2 heterocycles. The van der Waals surface area contributed by atoms with Crippen molar-refractivity contribution in [2.75, 3.05) is 18.4 Å². The fraction of sp³-hybridized carbons (Fsp3) is 0.600. The molecule has 9 heteroatoms. The Morgan fingerprint density at radius 3 is 2.58 bits per heavy atom. The van der Waals surface area contributed by atoms with Crippen molar-refractivity contribution in [1.29, 1.82) is 0 Å². The molecule has 1 aliphatic rings. The van der Waals surface area contributed by atoms with E-state index in [9.17, 15) is 19.3 Å². The number of rotatable bonds is 3. The van der Waals surface area contributed by atoms with Gasteiger partial charge in [-0.1, -0.05) is 0 Å². The Bertz CT molecular complexity index is 624. The number of likely N-dealkylation sites (tertiary alicyclic amines) is 1. The number of piperidine rings is 1. The largest absolute Gasteiger partial charge is 0.444 e. The number of hydrogen-bond donors (Lipinski definition) is 1. The minimum Gasteiger partial charge on any atom is -0.444 e. The summed E-state index contributed by atoms with van der Waals surface area (Å²) in [6, 6.07) is 1.91. The molecule has 1 aliphatic heterocycles. The quantitative estimate of drug-likeness (QED) is 0.516. The number of nitro groups is 1.